The van der Waals surface area contributed by atoms with Gasteiger partial charge < -0.3 is 21.1 Å². The van der Waals surface area contributed by atoms with Crippen molar-refractivity contribution in [1.29, 1.82) is 0 Å². The van der Waals surface area contributed by atoms with Crippen molar-refractivity contribution in [2.24, 2.45) is 7.05 Å². The van der Waals surface area contributed by atoms with E-state index in [0.717, 1.165) is 35.3 Å². The summed E-state index contributed by atoms with van der Waals surface area (Å²) in [6, 6.07) is 24.4. The van der Waals surface area contributed by atoms with E-state index in [1.54, 1.807) is 16.8 Å². The number of carbonyl (C=O) groups is 1. The smallest absolute Gasteiger partial charge is 0.217 e. The van der Waals surface area contributed by atoms with Crippen LogP contribution in [0.5, 0.6) is 0 Å². The standard InChI is InChI=1S/C35H42FN5O2.ClH/c1-23(42)38-30(32(43)22-37-35(17-18-35)27-8-6-7-26(20-27)34(2,3)4)19-24-9-15-29(16-10-24)39-33-21-31(41(5)40-33)25-11-13-28(36)14-12-25;/h6-16,20-21,30,32,37,43H,17-19,22H2,1-5H3,(H,38,42)(H,39,40);1H/t30-,32+;/m0./s1. The molecular weight excluding hydrogens is 577 g/mol. The number of carbonyl (C=O) groups excluding carboxylic acids is 1. The van der Waals surface area contributed by atoms with Crippen molar-refractivity contribution in [3.63, 3.8) is 0 Å². The van der Waals surface area contributed by atoms with Gasteiger partial charge in [-0.05, 0) is 77.8 Å². The largest absolute Gasteiger partial charge is 0.390 e. The number of nitrogens with zero attached hydrogens (tertiary/aromatic N) is 2. The third-order valence-corrected chi connectivity index (χ3v) is 8.24. The summed E-state index contributed by atoms with van der Waals surface area (Å²) >= 11 is 0. The lowest BCUT2D eigenvalue weighted by atomic mass is 9.85. The van der Waals surface area contributed by atoms with Gasteiger partial charge in [0.1, 0.15) is 5.82 Å². The predicted octanol–water partition coefficient (Wildman–Crippen LogP) is 6.38. The number of aromatic nitrogens is 2. The van der Waals surface area contributed by atoms with Crippen molar-refractivity contribution in [3.8, 4) is 11.3 Å². The van der Waals surface area contributed by atoms with Crippen LogP contribution < -0.4 is 16.0 Å². The zero-order valence-electron chi connectivity index (χ0n) is 26.0. The van der Waals surface area contributed by atoms with E-state index < -0.39 is 12.1 Å². The molecule has 0 unspecified atom stereocenters. The van der Waals surface area contributed by atoms with Gasteiger partial charge in [0.2, 0.25) is 5.91 Å². The second kappa shape index (κ2) is 13.5. The van der Waals surface area contributed by atoms with Gasteiger partial charge >= 0.3 is 0 Å². The van der Waals surface area contributed by atoms with E-state index >= 15 is 0 Å². The van der Waals surface area contributed by atoms with E-state index in [1.165, 1.54) is 30.2 Å². The second-order valence-corrected chi connectivity index (χ2v) is 12.7. The van der Waals surface area contributed by atoms with Gasteiger partial charge in [0.05, 0.1) is 17.8 Å². The SMILES string of the molecule is CC(=O)N[C@@H](Cc1ccc(Nc2cc(-c3ccc(F)cc3)n(C)n2)cc1)[C@H](O)CNC1(c2cccc(C(C)(C)C)c2)CC1.Cl. The van der Waals surface area contributed by atoms with E-state index in [-0.39, 0.29) is 35.1 Å². The number of nitrogens with one attached hydrogen (secondary N) is 3. The van der Waals surface area contributed by atoms with Crippen LogP contribution >= 0.6 is 12.4 Å². The number of aliphatic hydroxyl groups excluding tert-OH is 1. The Balaban J connectivity index is 0.00000442. The Morgan fingerprint density at radius 2 is 1.73 bits per heavy atom. The maximum absolute atomic E-state index is 13.3. The molecule has 1 aliphatic rings. The molecule has 1 saturated carbocycles. The summed E-state index contributed by atoms with van der Waals surface area (Å²) in [4.78, 5) is 12.0. The maximum Gasteiger partial charge on any atom is 0.217 e. The van der Waals surface area contributed by atoms with Gasteiger partial charge in [0.25, 0.3) is 0 Å². The molecule has 0 spiro atoms. The Hall–Kier alpha value is -3.72. The van der Waals surface area contributed by atoms with Crippen molar-refractivity contribution >= 4 is 29.8 Å². The minimum Gasteiger partial charge on any atom is -0.390 e. The highest BCUT2D eigenvalue weighted by atomic mass is 35.5. The molecule has 44 heavy (non-hydrogen) atoms. The number of anilines is 2. The molecular formula is C35H43ClFN5O2. The predicted molar refractivity (Wildman–Crippen MR) is 177 cm³/mol. The van der Waals surface area contributed by atoms with Crippen LogP contribution in [0.15, 0.2) is 78.9 Å². The normalized spacial score (nSPS) is 15.2. The van der Waals surface area contributed by atoms with E-state index in [1.807, 2.05) is 37.4 Å². The number of hydrogen-bond acceptors (Lipinski definition) is 5. The molecule has 0 saturated heterocycles. The molecule has 9 heteroatoms. The molecule has 4 aromatic rings. The van der Waals surface area contributed by atoms with Gasteiger partial charge in [-0.25, -0.2) is 4.39 Å². The number of aryl methyl sites for hydroxylation is 1. The number of aliphatic hydroxyl groups is 1. The third kappa shape index (κ3) is 8.05. The Morgan fingerprint density at radius 1 is 1.05 bits per heavy atom. The first-order valence-corrected chi connectivity index (χ1v) is 14.9. The van der Waals surface area contributed by atoms with Gasteiger partial charge in [-0.15, -0.1) is 12.4 Å². The minimum atomic E-state index is -0.761. The Morgan fingerprint density at radius 3 is 2.34 bits per heavy atom. The highest BCUT2D eigenvalue weighted by Crippen LogP contribution is 2.46. The van der Waals surface area contributed by atoms with E-state index in [9.17, 15) is 14.3 Å². The number of rotatable bonds is 11. The first-order chi connectivity index (χ1) is 20.4. The molecule has 2 atom stereocenters. The summed E-state index contributed by atoms with van der Waals surface area (Å²) in [6.07, 6.45) is 1.78. The molecule has 7 nitrogen and oxygen atoms in total. The molecule has 1 amide bonds. The summed E-state index contributed by atoms with van der Waals surface area (Å²) in [5.74, 6) is 0.227. The molecule has 4 N–H and O–H groups in total. The zero-order valence-corrected chi connectivity index (χ0v) is 26.8. The quantitative estimate of drug-likeness (QED) is 0.156. The first kappa shape index (κ1) is 33.2. The molecule has 1 fully saturated rings. The van der Waals surface area contributed by atoms with Crippen molar-refractivity contribution in [1.82, 2.24) is 20.4 Å². The fourth-order valence-electron chi connectivity index (χ4n) is 5.51. The molecule has 5 rings (SSSR count). The average Bonchev–Trinajstić information content (AvgIpc) is 3.68. The minimum absolute atomic E-state index is 0. The van der Waals surface area contributed by atoms with Gasteiger partial charge in [-0.2, -0.15) is 5.10 Å². The summed E-state index contributed by atoms with van der Waals surface area (Å²) in [5, 5.41) is 25.6. The average molecular weight is 620 g/mol. The van der Waals surface area contributed by atoms with Crippen molar-refractivity contribution in [2.75, 3.05) is 11.9 Å². The van der Waals surface area contributed by atoms with Crippen LogP contribution in [0.2, 0.25) is 0 Å². The van der Waals surface area contributed by atoms with Crippen molar-refractivity contribution < 1.29 is 14.3 Å². The molecule has 0 radical (unpaired) electrons. The number of halogens is 2. The van der Waals surface area contributed by atoms with Crippen LogP contribution in [-0.4, -0.2) is 39.5 Å². The zero-order chi connectivity index (χ0) is 30.8. The Bertz CT molecular complexity index is 1560. The first-order valence-electron chi connectivity index (χ1n) is 14.9. The van der Waals surface area contributed by atoms with E-state index in [2.05, 4.69) is 66.1 Å². The molecule has 234 valence electrons. The lowest BCUT2D eigenvalue weighted by Crippen LogP contribution is -2.49. The number of benzene rings is 3. The maximum atomic E-state index is 13.3. The summed E-state index contributed by atoms with van der Waals surface area (Å²) in [5.41, 5.74) is 6.09. The topological polar surface area (TPSA) is 91.2 Å². The lowest BCUT2D eigenvalue weighted by Gasteiger charge is -2.28. The summed E-state index contributed by atoms with van der Waals surface area (Å²) < 4.78 is 15.1. The van der Waals surface area contributed by atoms with Gasteiger partial charge in [-0.3, -0.25) is 9.48 Å². The van der Waals surface area contributed by atoms with Gasteiger partial charge in [0, 0.05) is 43.4 Å². The Kier molecular flexibility index (Phi) is 10.2. The number of amides is 1. The van der Waals surface area contributed by atoms with Gasteiger partial charge in [0.15, 0.2) is 5.82 Å². The van der Waals surface area contributed by atoms with Gasteiger partial charge in [-0.1, -0.05) is 57.2 Å². The van der Waals surface area contributed by atoms with Crippen LogP contribution in [0.1, 0.15) is 57.2 Å². The molecule has 3 aromatic carbocycles. The molecule has 1 heterocycles. The fraction of sp³-hybridized carbons (Fsp3) is 0.371. The Labute approximate surface area is 265 Å². The van der Waals surface area contributed by atoms with Crippen LogP contribution in [0.3, 0.4) is 0 Å². The molecule has 1 aromatic heterocycles. The van der Waals surface area contributed by atoms with Crippen LogP contribution in [0, 0.1) is 5.82 Å². The summed E-state index contributed by atoms with van der Waals surface area (Å²) in [6.45, 7) is 8.50. The van der Waals surface area contributed by atoms with Crippen molar-refractivity contribution in [2.45, 2.75) is 70.1 Å². The third-order valence-electron chi connectivity index (χ3n) is 8.24. The second-order valence-electron chi connectivity index (χ2n) is 12.7. The van der Waals surface area contributed by atoms with Crippen LogP contribution in [0.25, 0.3) is 11.3 Å². The van der Waals surface area contributed by atoms with E-state index in [0.29, 0.717) is 18.8 Å². The monoisotopic (exact) mass is 619 g/mol. The highest BCUT2D eigenvalue weighted by molar-refractivity contribution is 5.85. The fourth-order valence-corrected chi connectivity index (χ4v) is 5.51. The van der Waals surface area contributed by atoms with E-state index in [4.69, 9.17) is 0 Å². The van der Waals surface area contributed by atoms with Crippen LogP contribution in [-0.2, 0) is 29.2 Å². The molecule has 0 bridgehead atoms. The number of hydrogen-bond donors (Lipinski definition) is 4. The molecule has 1 aliphatic carbocycles. The highest BCUT2D eigenvalue weighted by Gasteiger charge is 2.44. The molecule has 0 aliphatic heterocycles. The van der Waals surface area contributed by atoms with Crippen molar-refractivity contribution in [3.05, 3.63) is 101 Å². The lowest BCUT2D eigenvalue weighted by molar-refractivity contribution is -0.120. The van der Waals surface area contributed by atoms with Crippen LogP contribution in [0.4, 0.5) is 15.9 Å². The summed E-state index contributed by atoms with van der Waals surface area (Å²) in [7, 11) is 1.85.